The molecule has 1 aliphatic heterocycles. The molecule has 1 fully saturated rings. The van der Waals surface area contributed by atoms with Crippen LogP contribution in [0.2, 0.25) is 10.0 Å². The summed E-state index contributed by atoms with van der Waals surface area (Å²) in [6.45, 7) is 3.41. The zero-order valence-electron chi connectivity index (χ0n) is 19.2. The van der Waals surface area contributed by atoms with Crippen LogP contribution < -0.4 is 10.2 Å². The van der Waals surface area contributed by atoms with E-state index >= 15 is 0 Å². The van der Waals surface area contributed by atoms with E-state index in [4.69, 9.17) is 35.4 Å². The van der Waals surface area contributed by atoms with E-state index in [-0.39, 0.29) is 37.5 Å². The Morgan fingerprint density at radius 1 is 1.00 bits per heavy atom. The van der Waals surface area contributed by atoms with Crippen molar-refractivity contribution in [3.63, 3.8) is 0 Å². The number of amides is 2. The number of halogens is 2. The minimum atomic E-state index is -1.28. The highest BCUT2D eigenvalue weighted by Gasteiger charge is 2.36. The summed E-state index contributed by atoms with van der Waals surface area (Å²) in [6.07, 6.45) is 1.38. The average Bonchev–Trinajstić information content (AvgIpc) is 3.11. The number of carboxylic acids is 2. The number of nitrogens with zero attached hydrogens (tertiary/aromatic N) is 2. The van der Waals surface area contributed by atoms with Crippen molar-refractivity contribution in [3.8, 4) is 5.69 Å². The number of anilines is 1. The van der Waals surface area contributed by atoms with E-state index in [2.05, 4.69) is 5.32 Å². The molecule has 3 aromatic rings. The van der Waals surface area contributed by atoms with Gasteiger partial charge in [0.25, 0.3) is 11.8 Å². The van der Waals surface area contributed by atoms with Gasteiger partial charge in [-0.15, -0.1) is 0 Å². The highest BCUT2D eigenvalue weighted by atomic mass is 35.5. The molecule has 1 saturated heterocycles. The topological polar surface area (TPSA) is 129 Å². The molecule has 2 amide bonds. The Labute approximate surface area is 225 Å². The third-order valence-electron chi connectivity index (χ3n) is 5.71. The van der Waals surface area contributed by atoms with Crippen molar-refractivity contribution in [1.29, 1.82) is 0 Å². The van der Waals surface area contributed by atoms with Gasteiger partial charge >= 0.3 is 11.9 Å². The number of aromatic carboxylic acids is 2. The Bertz CT molecular complexity index is 1540. The van der Waals surface area contributed by atoms with Crippen LogP contribution in [-0.4, -0.2) is 43.6 Å². The lowest BCUT2D eigenvalue weighted by molar-refractivity contribution is -0.122. The molecule has 2 aromatic carbocycles. The van der Waals surface area contributed by atoms with Crippen LogP contribution in [0.4, 0.5) is 5.69 Å². The first-order chi connectivity index (χ1) is 17.4. The zero-order chi connectivity index (χ0) is 27.2. The van der Waals surface area contributed by atoms with Crippen LogP contribution in [0.15, 0.2) is 48.0 Å². The number of thiocarbonyl (C=S) groups is 1. The minimum absolute atomic E-state index is 0.0843. The normalized spacial score (nSPS) is 14.8. The molecule has 3 N–H and O–H groups in total. The molecule has 0 bridgehead atoms. The molecular weight excluding hydrogens is 541 g/mol. The summed E-state index contributed by atoms with van der Waals surface area (Å²) in [5.74, 6) is -4.00. The minimum Gasteiger partial charge on any atom is -0.478 e. The van der Waals surface area contributed by atoms with Crippen LogP contribution in [0.3, 0.4) is 0 Å². The number of hydrogen-bond acceptors (Lipinski definition) is 5. The number of rotatable bonds is 5. The van der Waals surface area contributed by atoms with E-state index in [0.717, 1.165) is 11.0 Å². The average molecular weight is 558 g/mol. The maximum absolute atomic E-state index is 13.4. The molecular formula is C25H17Cl2N3O6S. The van der Waals surface area contributed by atoms with E-state index < -0.39 is 23.8 Å². The summed E-state index contributed by atoms with van der Waals surface area (Å²) in [5, 5.41) is 21.5. The lowest BCUT2D eigenvalue weighted by atomic mass is 10.1. The van der Waals surface area contributed by atoms with Crippen molar-refractivity contribution >= 4 is 76.0 Å². The first-order valence-corrected chi connectivity index (χ1v) is 11.7. The number of aryl methyl sites for hydroxylation is 1. The molecule has 0 radical (unpaired) electrons. The molecule has 0 spiro atoms. The summed E-state index contributed by atoms with van der Waals surface area (Å²) in [7, 11) is 0. The van der Waals surface area contributed by atoms with E-state index in [1.54, 1.807) is 36.6 Å². The molecule has 4 rings (SSSR count). The van der Waals surface area contributed by atoms with Crippen molar-refractivity contribution < 1.29 is 29.4 Å². The first-order valence-electron chi connectivity index (χ1n) is 10.6. The number of carboxylic acid groups (broad SMARTS) is 2. The quantitative estimate of drug-likeness (QED) is 0.237. The Kier molecular flexibility index (Phi) is 6.92. The van der Waals surface area contributed by atoms with Gasteiger partial charge in [-0.1, -0.05) is 29.3 Å². The summed E-state index contributed by atoms with van der Waals surface area (Å²) < 4.78 is 1.63. The fourth-order valence-corrected chi connectivity index (χ4v) is 4.67. The molecule has 37 heavy (non-hydrogen) atoms. The maximum Gasteiger partial charge on any atom is 0.335 e. The van der Waals surface area contributed by atoms with Crippen molar-refractivity contribution in [1.82, 2.24) is 9.88 Å². The van der Waals surface area contributed by atoms with Gasteiger partial charge in [0.05, 0.1) is 26.9 Å². The van der Waals surface area contributed by atoms with Gasteiger partial charge in [-0.3, -0.25) is 19.8 Å². The second-order valence-corrected chi connectivity index (χ2v) is 9.24. The molecule has 1 aliphatic rings. The number of benzene rings is 2. The number of carbonyl (C=O) groups is 4. The number of aromatic nitrogens is 1. The summed E-state index contributed by atoms with van der Waals surface area (Å²) >= 11 is 17.6. The molecule has 0 saturated carbocycles. The van der Waals surface area contributed by atoms with Crippen LogP contribution in [0.1, 0.15) is 37.7 Å². The van der Waals surface area contributed by atoms with E-state index in [1.165, 1.54) is 24.3 Å². The van der Waals surface area contributed by atoms with Crippen LogP contribution in [0.5, 0.6) is 0 Å². The maximum atomic E-state index is 13.4. The van der Waals surface area contributed by atoms with Crippen LogP contribution in [-0.2, 0) is 9.59 Å². The van der Waals surface area contributed by atoms with Crippen molar-refractivity contribution in [2.75, 3.05) is 4.90 Å². The second kappa shape index (κ2) is 9.81. The van der Waals surface area contributed by atoms with Gasteiger partial charge in [0, 0.05) is 17.1 Å². The third-order valence-corrected chi connectivity index (χ3v) is 6.81. The lowest BCUT2D eigenvalue weighted by Gasteiger charge is -2.29. The smallest absolute Gasteiger partial charge is 0.335 e. The zero-order valence-corrected chi connectivity index (χ0v) is 21.5. The molecule has 188 valence electrons. The fourth-order valence-electron chi connectivity index (χ4n) is 4.02. The Morgan fingerprint density at radius 2 is 1.62 bits per heavy atom. The number of hydrogen-bond donors (Lipinski definition) is 3. The predicted molar refractivity (Wildman–Crippen MR) is 142 cm³/mol. The lowest BCUT2D eigenvalue weighted by Crippen LogP contribution is -2.54. The standard InChI is InChI=1S/C25H17Cl2N3O6S/c1-11-6-13(12(2)29(11)16-8-14(23(33)34)7-15(9-16)24(35)36)10-17-21(31)28-25(37)30(22(17)32)19-5-3-4-18(26)20(19)27/h3-10H,1-2H3,(H,33,34)(H,35,36)(H,28,31,37)/b17-10-. The van der Waals surface area contributed by atoms with Crippen LogP contribution >= 0.6 is 35.4 Å². The summed E-state index contributed by atoms with van der Waals surface area (Å²) in [5.41, 5.74) is 1.48. The molecule has 1 aromatic heterocycles. The second-order valence-electron chi connectivity index (χ2n) is 8.07. The van der Waals surface area contributed by atoms with Gasteiger partial charge in [-0.25, -0.2) is 9.59 Å². The SMILES string of the molecule is Cc1cc(/C=C2/C(=O)NC(=S)N(c3cccc(Cl)c3Cl)C2=O)c(C)n1-c1cc(C(=O)O)cc(C(=O)O)c1. The molecule has 2 heterocycles. The summed E-state index contributed by atoms with van der Waals surface area (Å²) in [6, 6.07) is 10.1. The Hall–Kier alpha value is -3.99. The fraction of sp³-hybridized carbons (Fsp3) is 0.0800. The van der Waals surface area contributed by atoms with Gasteiger partial charge in [0.15, 0.2) is 5.11 Å². The van der Waals surface area contributed by atoms with Crippen LogP contribution in [0.25, 0.3) is 11.8 Å². The highest BCUT2D eigenvalue weighted by Crippen LogP contribution is 2.35. The van der Waals surface area contributed by atoms with E-state index in [0.29, 0.717) is 22.6 Å². The number of nitrogens with one attached hydrogen (secondary N) is 1. The van der Waals surface area contributed by atoms with Crippen LogP contribution in [0, 0.1) is 13.8 Å². The van der Waals surface area contributed by atoms with Crippen molar-refractivity contribution in [3.05, 3.63) is 86.2 Å². The molecule has 12 heteroatoms. The van der Waals surface area contributed by atoms with Gasteiger partial charge < -0.3 is 14.8 Å². The largest absolute Gasteiger partial charge is 0.478 e. The molecule has 0 aliphatic carbocycles. The predicted octanol–water partition coefficient (Wildman–Crippen LogP) is 4.63. The highest BCUT2D eigenvalue weighted by molar-refractivity contribution is 7.80. The first kappa shape index (κ1) is 26.1. The summed E-state index contributed by atoms with van der Waals surface area (Å²) in [4.78, 5) is 50.3. The van der Waals surface area contributed by atoms with Crippen molar-refractivity contribution in [2.45, 2.75) is 13.8 Å². The van der Waals surface area contributed by atoms with Crippen molar-refractivity contribution in [2.24, 2.45) is 0 Å². The van der Waals surface area contributed by atoms with E-state index in [1.807, 2.05) is 0 Å². The van der Waals surface area contributed by atoms with Gasteiger partial charge in [0.2, 0.25) is 0 Å². The molecule has 9 nitrogen and oxygen atoms in total. The van der Waals surface area contributed by atoms with Gasteiger partial charge in [-0.2, -0.15) is 0 Å². The van der Waals surface area contributed by atoms with E-state index in [9.17, 15) is 29.4 Å². The monoisotopic (exact) mass is 557 g/mol. The Morgan fingerprint density at radius 3 is 2.22 bits per heavy atom. The number of carbonyl (C=O) groups excluding carboxylic acids is 2. The third kappa shape index (κ3) is 4.74. The molecule has 0 atom stereocenters. The molecule has 0 unspecified atom stereocenters. The van der Waals surface area contributed by atoms with Gasteiger partial charge in [0.1, 0.15) is 5.57 Å². The Balaban J connectivity index is 1.82. The van der Waals surface area contributed by atoms with Gasteiger partial charge in [-0.05, 0) is 74.1 Å².